The van der Waals surface area contributed by atoms with E-state index in [1.54, 1.807) is 12.1 Å². The average Bonchev–Trinajstić information content (AvgIpc) is 2.46. The van der Waals surface area contributed by atoms with Gasteiger partial charge < -0.3 is 10.1 Å². The Hall–Kier alpha value is -2.03. The molecule has 0 bridgehead atoms. The van der Waals surface area contributed by atoms with Crippen molar-refractivity contribution in [3.05, 3.63) is 59.9 Å². The molecule has 2 rings (SSSR count). The molecular weight excluding hydrogens is 241 g/mol. The predicted octanol–water partition coefficient (Wildman–Crippen LogP) is 4.23. The lowest BCUT2D eigenvalue weighted by Gasteiger charge is -2.08. The van der Waals surface area contributed by atoms with Crippen molar-refractivity contribution in [2.24, 2.45) is 0 Å². The molecule has 0 saturated carbocycles. The highest BCUT2D eigenvalue weighted by molar-refractivity contribution is 5.46. The molecule has 0 aromatic heterocycles. The van der Waals surface area contributed by atoms with Crippen molar-refractivity contribution in [3.63, 3.8) is 0 Å². The van der Waals surface area contributed by atoms with Gasteiger partial charge in [-0.2, -0.15) is 0 Å². The number of nitrogens with one attached hydrogen (secondary N) is 1. The van der Waals surface area contributed by atoms with Crippen LogP contribution in [0.3, 0.4) is 0 Å². The molecule has 0 unspecified atom stereocenters. The standard InChI is InChI=1S/C16H18FNO/c1-2-11-19-16-9-7-15(8-10-16)18-12-13-3-5-14(17)6-4-13/h3-10,18H,2,11-12H2,1H3. The van der Waals surface area contributed by atoms with Crippen LogP contribution in [0.15, 0.2) is 48.5 Å². The molecule has 100 valence electrons. The molecule has 0 amide bonds. The van der Waals surface area contributed by atoms with Gasteiger partial charge in [0.25, 0.3) is 0 Å². The van der Waals surface area contributed by atoms with Gasteiger partial charge in [-0.15, -0.1) is 0 Å². The van der Waals surface area contributed by atoms with Crippen LogP contribution in [0.5, 0.6) is 5.75 Å². The van der Waals surface area contributed by atoms with E-state index in [1.165, 1.54) is 12.1 Å². The monoisotopic (exact) mass is 259 g/mol. The zero-order valence-electron chi connectivity index (χ0n) is 11.0. The van der Waals surface area contributed by atoms with E-state index < -0.39 is 0 Å². The topological polar surface area (TPSA) is 21.3 Å². The zero-order valence-corrected chi connectivity index (χ0v) is 11.0. The van der Waals surface area contributed by atoms with Gasteiger partial charge in [-0.25, -0.2) is 4.39 Å². The Balaban J connectivity index is 1.87. The second-order valence-corrected chi connectivity index (χ2v) is 4.35. The summed E-state index contributed by atoms with van der Waals surface area (Å²) in [6.45, 7) is 3.50. The minimum absolute atomic E-state index is 0.207. The Morgan fingerprint density at radius 3 is 2.32 bits per heavy atom. The van der Waals surface area contributed by atoms with Crippen molar-refractivity contribution in [2.45, 2.75) is 19.9 Å². The lowest BCUT2D eigenvalue weighted by Crippen LogP contribution is -1.99. The third-order valence-corrected chi connectivity index (χ3v) is 2.74. The van der Waals surface area contributed by atoms with Gasteiger partial charge in [0.1, 0.15) is 11.6 Å². The Kier molecular flexibility index (Phi) is 4.78. The van der Waals surface area contributed by atoms with E-state index in [4.69, 9.17) is 4.74 Å². The quantitative estimate of drug-likeness (QED) is 0.838. The molecule has 0 heterocycles. The van der Waals surface area contributed by atoms with Crippen LogP contribution in [0.2, 0.25) is 0 Å². The zero-order chi connectivity index (χ0) is 13.5. The molecule has 2 nitrogen and oxygen atoms in total. The summed E-state index contributed by atoms with van der Waals surface area (Å²) in [6.07, 6.45) is 1.00. The van der Waals surface area contributed by atoms with Crippen LogP contribution in [0, 0.1) is 5.82 Å². The average molecular weight is 259 g/mol. The third kappa shape index (κ3) is 4.28. The molecule has 0 aliphatic carbocycles. The molecule has 2 aromatic rings. The lowest BCUT2D eigenvalue weighted by atomic mass is 10.2. The van der Waals surface area contributed by atoms with Crippen LogP contribution in [-0.2, 0) is 6.54 Å². The summed E-state index contributed by atoms with van der Waals surface area (Å²) in [5.41, 5.74) is 2.07. The first-order valence-electron chi connectivity index (χ1n) is 6.49. The lowest BCUT2D eigenvalue weighted by molar-refractivity contribution is 0.317. The van der Waals surface area contributed by atoms with Crippen molar-refractivity contribution >= 4 is 5.69 Å². The summed E-state index contributed by atoms with van der Waals surface area (Å²) in [5.74, 6) is 0.676. The number of hydrogen-bond donors (Lipinski definition) is 1. The van der Waals surface area contributed by atoms with E-state index in [1.807, 2.05) is 24.3 Å². The fourth-order valence-corrected chi connectivity index (χ4v) is 1.70. The van der Waals surface area contributed by atoms with Gasteiger partial charge in [-0.3, -0.25) is 0 Å². The van der Waals surface area contributed by atoms with Gasteiger partial charge in [0.2, 0.25) is 0 Å². The smallest absolute Gasteiger partial charge is 0.123 e. The van der Waals surface area contributed by atoms with E-state index in [2.05, 4.69) is 12.2 Å². The first-order chi connectivity index (χ1) is 9.28. The molecule has 0 atom stereocenters. The maximum atomic E-state index is 12.8. The van der Waals surface area contributed by atoms with Gasteiger partial charge in [-0.05, 0) is 48.4 Å². The summed E-state index contributed by atoms with van der Waals surface area (Å²) in [5, 5.41) is 3.29. The molecule has 0 aliphatic heterocycles. The molecule has 0 radical (unpaired) electrons. The van der Waals surface area contributed by atoms with E-state index in [9.17, 15) is 4.39 Å². The summed E-state index contributed by atoms with van der Waals surface area (Å²) >= 11 is 0. The number of anilines is 1. The highest BCUT2D eigenvalue weighted by Crippen LogP contribution is 2.16. The van der Waals surface area contributed by atoms with Crippen LogP contribution in [0.4, 0.5) is 10.1 Å². The minimum atomic E-state index is -0.207. The summed E-state index contributed by atoms with van der Waals surface area (Å²) in [7, 11) is 0. The summed E-state index contributed by atoms with van der Waals surface area (Å²) in [4.78, 5) is 0. The molecule has 0 aliphatic rings. The Labute approximate surface area is 113 Å². The molecule has 3 heteroatoms. The van der Waals surface area contributed by atoms with Gasteiger partial charge in [0.05, 0.1) is 6.61 Å². The maximum absolute atomic E-state index is 12.8. The van der Waals surface area contributed by atoms with Crippen molar-refractivity contribution in [3.8, 4) is 5.75 Å². The van der Waals surface area contributed by atoms with E-state index in [0.29, 0.717) is 6.54 Å². The fourth-order valence-electron chi connectivity index (χ4n) is 1.70. The van der Waals surface area contributed by atoms with Crippen LogP contribution >= 0.6 is 0 Å². The first kappa shape index (κ1) is 13.4. The summed E-state index contributed by atoms with van der Waals surface area (Å²) < 4.78 is 18.3. The van der Waals surface area contributed by atoms with Crippen LogP contribution < -0.4 is 10.1 Å². The van der Waals surface area contributed by atoms with Crippen LogP contribution in [0.1, 0.15) is 18.9 Å². The van der Waals surface area contributed by atoms with Crippen molar-refractivity contribution in [1.82, 2.24) is 0 Å². The normalized spacial score (nSPS) is 10.2. The van der Waals surface area contributed by atoms with Gasteiger partial charge in [-0.1, -0.05) is 19.1 Å². The van der Waals surface area contributed by atoms with Gasteiger partial charge in [0.15, 0.2) is 0 Å². The Morgan fingerprint density at radius 1 is 1.00 bits per heavy atom. The second-order valence-electron chi connectivity index (χ2n) is 4.35. The molecule has 1 N–H and O–H groups in total. The number of ether oxygens (including phenoxy) is 1. The fraction of sp³-hybridized carbons (Fsp3) is 0.250. The largest absolute Gasteiger partial charge is 0.494 e. The van der Waals surface area contributed by atoms with E-state index in [0.717, 1.165) is 30.0 Å². The van der Waals surface area contributed by atoms with Gasteiger partial charge >= 0.3 is 0 Å². The second kappa shape index (κ2) is 6.78. The highest BCUT2D eigenvalue weighted by atomic mass is 19.1. The molecule has 0 spiro atoms. The SMILES string of the molecule is CCCOc1ccc(NCc2ccc(F)cc2)cc1. The molecule has 0 saturated heterocycles. The third-order valence-electron chi connectivity index (χ3n) is 2.74. The Morgan fingerprint density at radius 2 is 1.68 bits per heavy atom. The van der Waals surface area contributed by atoms with Crippen LogP contribution in [-0.4, -0.2) is 6.61 Å². The summed E-state index contributed by atoms with van der Waals surface area (Å²) in [6, 6.07) is 14.4. The first-order valence-corrected chi connectivity index (χ1v) is 6.49. The minimum Gasteiger partial charge on any atom is -0.494 e. The molecule has 19 heavy (non-hydrogen) atoms. The number of benzene rings is 2. The van der Waals surface area contributed by atoms with E-state index >= 15 is 0 Å². The molecular formula is C16H18FNO. The van der Waals surface area contributed by atoms with Crippen molar-refractivity contribution < 1.29 is 9.13 Å². The molecule has 2 aromatic carbocycles. The van der Waals surface area contributed by atoms with Crippen molar-refractivity contribution in [1.29, 1.82) is 0 Å². The molecule has 0 fully saturated rings. The van der Waals surface area contributed by atoms with Crippen molar-refractivity contribution in [2.75, 3.05) is 11.9 Å². The number of rotatable bonds is 6. The predicted molar refractivity (Wildman–Crippen MR) is 76.0 cm³/mol. The van der Waals surface area contributed by atoms with Gasteiger partial charge in [0, 0.05) is 12.2 Å². The van der Waals surface area contributed by atoms with Crippen LogP contribution in [0.25, 0.3) is 0 Å². The number of hydrogen-bond acceptors (Lipinski definition) is 2. The number of halogens is 1. The Bertz CT molecular complexity index is 493. The highest BCUT2D eigenvalue weighted by Gasteiger charge is 1.97. The maximum Gasteiger partial charge on any atom is 0.123 e. The van der Waals surface area contributed by atoms with E-state index in [-0.39, 0.29) is 5.82 Å².